The van der Waals surface area contributed by atoms with Gasteiger partial charge in [-0.15, -0.1) is 0 Å². The highest BCUT2D eigenvalue weighted by molar-refractivity contribution is 5.31. The fourth-order valence-corrected chi connectivity index (χ4v) is 1.05. The van der Waals surface area contributed by atoms with E-state index < -0.39 is 24.1 Å². The summed E-state index contributed by atoms with van der Waals surface area (Å²) in [5.74, 6) is -0.767. The van der Waals surface area contributed by atoms with Gasteiger partial charge in [0.15, 0.2) is 0 Å². The molecule has 1 nitrogen and oxygen atoms in total. The zero-order valence-corrected chi connectivity index (χ0v) is 6.90. The smallest absolute Gasteiger partial charge is 0.312 e. The molecule has 1 rings (SSSR count). The fourth-order valence-electron chi connectivity index (χ4n) is 1.05. The summed E-state index contributed by atoms with van der Waals surface area (Å²) >= 11 is 0. The third-order valence-electron chi connectivity index (χ3n) is 1.62. The zero-order valence-electron chi connectivity index (χ0n) is 6.90. The molecule has 74 valence electrons. The molecule has 1 aromatic rings. The number of hydrogen-bond acceptors (Lipinski definition) is 0. The Morgan fingerprint density at radius 2 is 1.93 bits per heavy atom. The van der Waals surface area contributed by atoms with E-state index in [4.69, 9.17) is 6.57 Å². The van der Waals surface area contributed by atoms with Crippen molar-refractivity contribution >= 4 is 0 Å². The van der Waals surface area contributed by atoms with Crippen LogP contribution in [0.25, 0.3) is 4.85 Å². The molecule has 0 spiro atoms. The molecule has 0 saturated heterocycles. The van der Waals surface area contributed by atoms with Gasteiger partial charge in [-0.2, -0.15) is 13.2 Å². The molecule has 0 N–H and O–H groups in total. The zero-order chi connectivity index (χ0) is 10.8. The second-order valence-corrected chi connectivity index (χ2v) is 2.62. The number of nitrogens with zero attached hydrogens (tertiary/aromatic N) is 1. The molecular weight excluding hydrogens is 198 g/mol. The molecule has 0 amide bonds. The van der Waals surface area contributed by atoms with Crippen molar-refractivity contribution in [2.75, 3.05) is 0 Å². The Morgan fingerprint density at radius 1 is 1.29 bits per heavy atom. The number of benzene rings is 1. The van der Waals surface area contributed by atoms with E-state index in [1.165, 1.54) is 0 Å². The summed E-state index contributed by atoms with van der Waals surface area (Å²) in [5.41, 5.74) is -1.28. The predicted octanol–water partition coefficient (Wildman–Crippen LogP) is 3.26. The molecule has 0 saturated carbocycles. The summed E-state index contributed by atoms with van der Waals surface area (Å²) in [6.45, 7) is 5.98. The number of halogens is 4. The minimum Gasteiger partial charge on any atom is -0.312 e. The van der Waals surface area contributed by atoms with Crippen molar-refractivity contribution in [2.24, 2.45) is 0 Å². The second-order valence-electron chi connectivity index (χ2n) is 2.62. The molecule has 0 radical (unpaired) electrons. The van der Waals surface area contributed by atoms with Crippen LogP contribution in [0.5, 0.6) is 0 Å². The summed E-state index contributed by atoms with van der Waals surface area (Å²) in [6.07, 6.45) is -4.53. The molecule has 14 heavy (non-hydrogen) atoms. The van der Waals surface area contributed by atoms with Crippen LogP contribution in [0.3, 0.4) is 0 Å². The van der Waals surface area contributed by atoms with Gasteiger partial charge in [0, 0.05) is 5.56 Å². The Hall–Kier alpha value is -1.57. The first kappa shape index (κ1) is 10.5. The van der Waals surface area contributed by atoms with Crippen LogP contribution in [0.2, 0.25) is 0 Å². The minimum atomic E-state index is -4.53. The van der Waals surface area contributed by atoms with Crippen LogP contribution in [0.1, 0.15) is 11.1 Å². The average molecular weight is 203 g/mol. The molecule has 5 heteroatoms. The second kappa shape index (κ2) is 3.66. The van der Waals surface area contributed by atoms with Gasteiger partial charge in [-0.25, -0.2) is 11.0 Å². The summed E-state index contributed by atoms with van der Waals surface area (Å²) in [5, 5.41) is 0. The maximum absolute atomic E-state index is 12.6. The highest BCUT2D eigenvalue weighted by Gasteiger charge is 2.34. The third-order valence-corrected chi connectivity index (χ3v) is 1.62. The third kappa shape index (κ3) is 2.22. The lowest BCUT2D eigenvalue weighted by Gasteiger charge is -2.08. The van der Waals surface area contributed by atoms with E-state index in [1.54, 1.807) is 0 Å². The number of hydrogen-bond donors (Lipinski definition) is 0. The lowest BCUT2D eigenvalue weighted by atomic mass is 10.1. The SMILES string of the molecule is [C-]#[N+]Cc1cc(F)ccc1C(F)(F)F. The van der Waals surface area contributed by atoms with Gasteiger partial charge >= 0.3 is 6.18 Å². The van der Waals surface area contributed by atoms with Crippen LogP contribution in [0.15, 0.2) is 18.2 Å². The first-order valence-corrected chi connectivity index (χ1v) is 3.64. The largest absolute Gasteiger partial charge is 0.416 e. The van der Waals surface area contributed by atoms with E-state index in [9.17, 15) is 17.6 Å². The molecular formula is C9H5F4N. The van der Waals surface area contributed by atoms with Gasteiger partial charge in [0.05, 0.1) is 5.56 Å². The van der Waals surface area contributed by atoms with Gasteiger partial charge in [0.2, 0.25) is 6.54 Å². The van der Waals surface area contributed by atoms with Gasteiger partial charge in [-0.3, -0.25) is 0 Å². The minimum absolute atomic E-state index is 0.326. The summed E-state index contributed by atoms with van der Waals surface area (Å²) in [6, 6.07) is 2.12. The van der Waals surface area contributed by atoms with E-state index in [0.29, 0.717) is 6.07 Å². The topological polar surface area (TPSA) is 4.36 Å². The van der Waals surface area contributed by atoms with Crippen molar-refractivity contribution in [3.05, 3.63) is 46.6 Å². The standard InChI is InChI=1S/C9H5F4N/c1-14-5-6-4-7(10)2-3-8(6)9(11,12)13/h2-4H,5H2. The van der Waals surface area contributed by atoms with E-state index in [1.807, 2.05) is 0 Å². The van der Waals surface area contributed by atoms with Gasteiger partial charge in [0.25, 0.3) is 0 Å². The van der Waals surface area contributed by atoms with Crippen molar-refractivity contribution in [1.29, 1.82) is 0 Å². The summed E-state index contributed by atoms with van der Waals surface area (Å²) in [4.78, 5) is 2.80. The molecule has 0 fully saturated rings. The molecule has 0 heterocycles. The van der Waals surface area contributed by atoms with Crippen molar-refractivity contribution in [2.45, 2.75) is 12.7 Å². The van der Waals surface area contributed by atoms with Crippen molar-refractivity contribution in [3.8, 4) is 0 Å². The van der Waals surface area contributed by atoms with Crippen LogP contribution < -0.4 is 0 Å². The van der Waals surface area contributed by atoms with Crippen LogP contribution in [-0.2, 0) is 12.7 Å². The molecule has 0 aliphatic heterocycles. The number of rotatable bonds is 1. The Morgan fingerprint density at radius 3 is 2.43 bits per heavy atom. The van der Waals surface area contributed by atoms with Crippen LogP contribution in [-0.4, -0.2) is 0 Å². The van der Waals surface area contributed by atoms with Crippen LogP contribution >= 0.6 is 0 Å². The van der Waals surface area contributed by atoms with Crippen LogP contribution in [0, 0.1) is 12.4 Å². The fraction of sp³-hybridized carbons (Fsp3) is 0.222. The Kier molecular flexibility index (Phi) is 2.75. The maximum Gasteiger partial charge on any atom is 0.416 e. The molecule has 0 aliphatic rings. The monoisotopic (exact) mass is 203 g/mol. The first-order chi connectivity index (χ1) is 6.45. The molecule has 0 unspecified atom stereocenters. The van der Waals surface area contributed by atoms with E-state index >= 15 is 0 Å². The Labute approximate surface area is 77.8 Å². The van der Waals surface area contributed by atoms with Crippen LogP contribution in [0.4, 0.5) is 17.6 Å². The number of alkyl halides is 3. The highest BCUT2D eigenvalue weighted by atomic mass is 19.4. The highest BCUT2D eigenvalue weighted by Crippen LogP contribution is 2.32. The normalized spacial score (nSPS) is 11.1. The Bertz CT molecular complexity index is 375. The van der Waals surface area contributed by atoms with Crippen molar-refractivity contribution in [3.63, 3.8) is 0 Å². The summed E-state index contributed by atoms with van der Waals surface area (Å²) < 4.78 is 49.4. The lowest BCUT2D eigenvalue weighted by molar-refractivity contribution is -0.138. The van der Waals surface area contributed by atoms with Gasteiger partial charge in [-0.05, 0) is 18.2 Å². The maximum atomic E-state index is 12.6. The van der Waals surface area contributed by atoms with Crippen molar-refractivity contribution in [1.82, 2.24) is 0 Å². The van der Waals surface area contributed by atoms with Gasteiger partial charge in [0.1, 0.15) is 5.82 Å². The molecule has 0 aliphatic carbocycles. The molecule has 0 aromatic heterocycles. The van der Waals surface area contributed by atoms with Gasteiger partial charge in [-0.1, -0.05) is 0 Å². The molecule has 0 bridgehead atoms. The van der Waals surface area contributed by atoms with E-state index in [2.05, 4.69) is 4.85 Å². The van der Waals surface area contributed by atoms with E-state index in [-0.39, 0.29) is 5.56 Å². The quantitative estimate of drug-likeness (QED) is 0.487. The average Bonchev–Trinajstić information content (AvgIpc) is 2.02. The summed E-state index contributed by atoms with van der Waals surface area (Å²) in [7, 11) is 0. The predicted molar refractivity (Wildman–Crippen MR) is 41.7 cm³/mol. The van der Waals surface area contributed by atoms with Crippen molar-refractivity contribution < 1.29 is 17.6 Å². The van der Waals surface area contributed by atoms with Gasteiger partial charge < -0.3 is 4.85 Å². The first-order valence-electron chi connectivity index (χ1n) is 3.64. The van der Waals surface area contributed by atoms with E-state index in [0.717, 1.165) is 12.1 Å². The lowest BCUT2D eigenvalue weighted by Crippen LogP contribution is -2.08. The molecule has 0 atom stereocenters. The molecule has 1 aromatic carbocycles. The Balaban J connectivity index is 3.23.